The van der Waals surface area contributed by atoms with E-state index in [2.05, 4.69) is 11.3 Å². The van der Waals surface area contributed by atoms with Gasteiger partial charge in [0.25, 0.3) is 0 Å². The minimum absolute atomic E-state index is 0.289. The summed E-state index contributed by atoms with van der Waals surface area (Å²) < 4.78 is 4.14. The predicted octanol–water partition coefficient (Wildman–Crippen LogP) is 0.847. The lowest BCUT2D eigenvalue weighted by atomic mass is 10.2. The molecule has 4 N–H and O–H groups in total. The Morgan fingerprint density at radius 3 is 1.89 bits per heavy atom. The van der Waals surface area contributed by atoms with Gasteiger partial charge in [-0.3, -0.25) is 0 Å². The van der Waals surface area contributed by atoms with Gasteiger partial charge in [-0.15, -0.1) is 0 Å². The molecule has 0 aliphatic heterocycles. The summed E-state index contributed by atoms with van der Waals surface area (Å²) in [6.07, 6.45) is 1.11. The van der Waals surface area contributed by atoms with Crippen LogP contribution in [0.5, 0.6) is 17.2 Å². The SMILES string of the molecule is C=CC(=O)OC.O=C(O)c1cc(O)c(O)c(O)c1. The van der Waals surface area contributed by atoms with Crippen LogP contribution in [0.3, 0.4) is 0 Å². The van der Waals surface area contributed by atoms with Gasteiger partial charge in [-0.1, -0.05) is 6.58 Å². The maximum absolute atomic E-state index is 10.3. The summed E-state index contributed by atoms with van der Waals surface area (Å²) in [4.78, 5) is 20.2. The van der Waals surface area contributed by atoms with E-state index in [-0.39, 0.29) is 5.56 Å². The first-order valence-electron chi connectivity index (χ1n) is 4.52. The summed E-state index contributed by atoms with van der Waals surface area (Å²) in [6.45, 7) is 3.16. The fourth-order valence-electron chi connectivity index (χ4n) is 0.811. The van der Waals surface area contributed by atoms with E-state index in [4.69, 9.17) is 20.4 Å². The molecule has 0 radical (unpaired) electrons. The number of carboxylic acid groups (broad SMARTS) is 1. The summed E-state index contributed by atoms with van der Waals surface area (Å²) in [6, 6.07) is 1.69. The second-order valence-corrected chi connectivity index (χ2v) is 2.90. The minimum atomic E-state index is -1.29. The number of hydrogen-bond donors (Lipinski definition) is 4. The number of phenols is 3. The monoisotopic (exact) mass is 256 g/mol. The molecule has 1 aromatic rings. The number of esters is 1. The molecule has 0 heterocycles. The summed E-state index contributed by atoms with van der Waals surface area (Å²) in [5.41, 5.74) is -0.289. The number of hydrogen-bond acceptors (Lipinski definition) is 6. The molecule has 0 saturated carbocycles. The lowest BCUT2D eigenvalue weighted by molar-refractivity contribution is -0.134. The van der Waals surface area contributed by atoms with Crippen LogP contribution in [-0.2, 0) is 9.53 Å². The zero-order valence-electron chi connectivity index (χ0n) is 9.45. The van der Waals surface area contributed by atoms with E-state index >= 15 is 0 Å². The maximum Gasteiger partial charge on any atom is 0.335 e. The fraction of sp³-hybridized carbons (Fsp3) is 0.0909. The van der Waals surface area contributed by atoms with Gasteiger partial charge in [0.15, 0.2) is 17.2 Å². The van der Waals surface area contributed by atoms with Gasteiger partial charge in [-0.2, -0.15) is 0 Å². The Labute approximate surface area is 102 Å². The van der Waals surface area contributed by atoms with Crippen LogP contribution in [0.1, 0.15) is 10.4 Å². The number of aromatic carboxylic acids is 1. The quantitative estimate of drug-likeness (QED) is 0.351. The third-order valence-corrected chi connectivity index (χ3v) is 1.68. The number of benzene rings is 1. The second-order valence-electron chi connectivity index (χ2n) is 2.90. The number of carbonyl (C=O) groups excluding carboxylic acids is 1. The molecule has 0 unspecified atom stereocenters. The Balaban J connectivity index is 0.000000411. The number of ether oxygens (including phenoxy) is 1. The standard InChI is InChI=1S/C7H6O5.C4H6O2/c8-4-1-3(7(11)12)2-5(9)6(4)10;1-3-4(5)6-2/h1-2,8-10H,(H,11,12);3H,1H2,2H3. The summed E-state index contributed by atoms with van der Waals surface area (Å²) in [5.74, 6) is -3.73. The van der Waals surface area contributed by atoms with Gasteiger partial charge in [-0.05, 0) is 12.1 Å². The number of aromatic hydroxyl groups is 3. The molecule has 7 heteroatoms. The second kappa shape index (κ2) is 6.79. The average Bonchev–Trinajstić information content (AvgIpc) is 2.34. The van der Waals surface area contributed by atoms with E-state index in [9.17, 15) is 9.59 Å². The maximum atomic E-state index is 10.3. The third-order valence-electron chi connectivity index (χ3n) is 1.68. The van der Waals surface area contributed by atoms with Crippen LogP contribution in [0.15, 0.2) is 24.8 Å². The van der Waals surface area contributed by atoms with Gasteiger partial charge in [0.1, 0.15) is 0 Å². The van der Waals surface area contributed by atoms with Gasteiger partial charge in [-0.25, -0.2) is 9.59 Å². The molecule has 1 rings (SSSR count). The number of carboxylic acids is 1. The molecule has 0 bridgehead atoms. The lowest BCUT2D eigenvalue weighted by Gasteiger charge is -2.01. The van der Waals surface area contributed by atoms with Crippen LogP contribution in [0.4, 0.5) is 0 Å². The molecule has 18 heavy (non-hydrogen) atoms. The Morgan fingerprint density at radius 1 is 1.22 bits per heavy atom. The molecule has 0 aliphatic carbocycles. The van der Waals surface area contributed by atoms with Gasteiger partial charge in [0.2, 0.25) is 0 Å². The lowest BCUT2D eigenvalue weighted by Crippen LogP contribution is -1.95. The molecular weight excluding hydrogens is 244 g/mol. The van der Waals surface area contributed by atoms with Crippen LogP contribution in [0.25, 0.3) is 0 Å². The van der Waals surface area contributed by atoms with Crippen molar-refractivity contribution in [2.75, 3.05) is 7.11 Å². The largest absolute Gasteiger partial charge is 0.504 e. The highest BCUT2D eigenvalue weighted by atomic mass is 16.5. The van der Waals surface area contributed by atoms with Crippen molar-refractivity contribution in [3.8, 4) is 17.2 Å². The van der Waals surface area contributed by atoms with Crippen molar-refractivity contribution in [1.29, 1.82) is 0 Å². The molecule has 0 amide bonds. The van der Waals surface area contributed by atoms with Crippen molar-refractivity contribution in [1.82, 2.24) is 0 Å². The fourth-order valence-corrected chi connectivity index (χ4v) is 0.811. The molecule has 0 saturated heterocycles. The van der Waals surface area contributed by atoms with Crippen molar-refractivity contribution in [2.24, 2.45) is 0 Å². The Bertz CT molecular complexity index is 441. The molecule has 0 atom stereocenters. The van der Waals surface area contributed by atoms with E-state index in [0.717, 1.165) is 18.2 Å². The van der Waals surface area contributed by atoms with Gasteiger partial charge in [0.05, 0.1) is 12.7 Å². The molecule has 0 spiro atoms. The molecular formula is C11H12O7. The molecule has 7 nitrogen and oxygen atoms in total. The van der Waals surface area contributed by atoms with E-state index in [1.807, 2.05) is 0 Å². The van der Waals surface area contributed by atoms with Crippen LogP contribution >= 0.6 is 0 Å². The zero-order valence-corrected chi connectivity index (χ0v) is 9.45. The van der Waals surface area contributed by atoms with E-state index in [0.29, 0.717) is 0 Å². The van der Waals surface area contributed by atoms with Crippen molar-refractivity contribution < 1.29 is 34.8 Å². The highest BCUT2D eigenvalue weighted by Gasteiger charge is 2.11. The normalized spacial score (nSPS) is 8.72. The van der Waals surface area contributed by atoms with Gasteiger partial charge >= 0.3 is 11.9 Å². The highest BCUT2D eigenvalue weighted by molar-refractivity contribution is 5.89. The molecule has 0 aliphatic rings. The van der Waals surface area contributed by atoms with Crippen LogP contribution in [0.2, 0.25) is 0 Å². The van der Waals surface area contributed by atoms with Crippen molar-refractivity contribution in [2.45, 2.75) is 0 Å². The van der Waals surface area contributed by atoms with Crippen LogP contribution in [-0.4, -0.2) is 39.5 Å². The zero-order chi connectivity index (χ0) is 14.3. The predicted molar refractivity (Wildman–Crippen MR) is 60.6 cm³/mol. The number of phenolic OH excluding ortho intramolecular Hbond substituents is 3. The molecule has 0 fully saturated rings. The average molecular weight is 256 g/mol. The van der Waals surface area contributed by atoms with Crippen molar-refractivity contribution in [3.05, 3.63) is 30.4 Å². The van der Waals surface area contributed by atoms with E-state index in [1.165, 1.54) is 7.11 Å². The van der Waals surface area contributed by atoms with Gasteiger partial charge in [0, 0.05) is 6.08 Å². The van der Waals surface area contributed by atoms with Gasteiger partial charge < -0.3 is 25.2 Å². The molecule has 0 aromatic heterocycles. The summed E-state index contributed by atoms with van der Waals surface area (Å²) in [5, 5.41) is 35.0. The van der Waals surface area contributed by atoms with E-state index < -0.39 is 29.2 Å². The smallest absolute Gasteiger partial charge is 0.335 e. The third kappa shape index (κ3) is 4.44. The Hall–Kier alpha value is -2.70. The first kappa shape index (κ1) is 15.3. The topological polar surface area (TPSA) is 124 Å². The van der Waals surface area contributed by atoms with E-state index in [1.54, 1.807) is 0 Å². The first-order valence-corrected chi connectivity index (χ1v) is 4.52. The Kier molecular flexibility index (Phi) is 5.77. The molecule has 1 aromatic carbocycles. The van der Waals surface area contributed by atoms with Crippen molar-refractivity contribution >= 4 is 11.9 Å². The number of carbonyl (C=O) groups is 2. The summed E-state index contributed by atoms with van der Waals surface area (Å²) >= 11 is 0. The van der Waals surface area contributed by atoms with Crippen LogP contribution < -0.4 is 0 Å². The number of methoxy groups -OCH3 is 1. The summed E-state index contributed by atoms with van der Waals surface area (Å²) in [7, 11) is 1.31. The minimum Gasteiger partial charge on any atom is -0.504 e. The van der Waals surface area contributed by atoms with Crippen LogP contribution in [0, 0.1) is 0 Å². The van der Waals surface area contributed by atoms with Crippen molar-refractivity contribution in [3.63, 3.8) is 0 Å². The number of rotatable bonds is 2. The highest BCUT2D eigenvalue weighted by Crippen LogP contribution is 2.35. The molecule has 98 valence electrons. The Morgan fingerprint density at radius 2 is 1.67 bits per heavy atom. The first-order chi connectivity index (χ1) is 8.33.